The molecule has 0 bridgehead atoms. The number of nitrogens with zero attached hydrogens (tertiary/aromatic N) is 1. The first-order valence-corrected chi connectivity index (χ1v) is 6.56. The molecular formula is C18H15NO. The van der Waals surface area contributed by atoms with Gasteiger partial charge in [-0.2, -0.15) is 0 Å². The first kappa shape index (κ1) is 12.6. The quantitative estimate of drug-likeness (QED) is 0.784. The summed E-state index contributed by atoms with van der Waals surface area (Å²) >= 11 is 0. The number of hydrogen-bond acceptors (Lipinski definition) is 2. The molecule has 2 nitrogen and oxygen atoms in total. The third kappa shape index (κ3) is 2.10. The summed E-state index contributed by atoms with van der Waals surface area (Å²) in [5, 5.41) is 11.4. The lowest BCUT2D eigenvalue weighted by Crippen LogP contribution is -2.28. The largest absolute Gasteiger partial charge is 0.376 e. The molecule has 0 saturated carbocycles. The van der Waals surface area contributed by atoms with Gasteiger partial charge in [0.05, 0.1) is 0 Å². The van der Waals surface area contributed by atoms with E-state index in [9.17, 15) is 5.11 Å². The molecule has 0 aliphatic heterocycles. The van der Waals surface area contributed by atoms with Gasteiger partial charge in [0.15, 0.2) is 0 Å². The molecule has 1 aromatic heterocycles. The topological polar surface area (TPSA) is 33.1 Å². The van der Waals surface area contributed by atoms with Crippen LogP contribution in [0.5, 0.6) is 0 Å². The predicted octanol–water partition coefficient (Wildman–Crippen LogP) is 3.37. The normalized spacial score (nSPS) is 11.2. The molecule has 0 unspecified atom stereocenters. The summed E-state index contributed by atoms with van der Waals surface area (Å²) in [6.45, 7) is 0. The maximum Gasteiger partial charge on any atom is 0.142 e. The van der Waals surface area contributed by atoms with E-state index < -0.39 is 5.60 Å². The summed E-state index contributed by atoms with van der Waals surface area (Å²) < 4.78 is 0. The average molecular weight is 261 g/mol. The van der Waals surface area contributed by atoms with Crippen molar-refractivity contribution in [1.82, 2.24) is 4.98 Å². The summed E-state index contributed by atoms with van der Waals surface area (Å²) in [6.07, 6.45) is 3.42. The Kier molecular flexibility index (Phi) is 3.32. The fraction of sp³-hybridized carbons (Fsp3) is 0.0556. The third-order valence-electron chi connectivity index (χ3n) is 3.46. The molecule has 0 radical (unpaired) electrons. The van der Waals surface area contributed by atoms with Crippen molar-refractivity contribution >= 4 is 0 Å². The van der Waals surface area contributed by atoms with Gasteiger partial charge in [-0.3, -0.25) is 4.98 Å². The minimum Gasteiger partial charge on any atom is -0.376 e. The predicted molar refractivity (Wildman–Crippen MR) is 79.2 cm³/mol. The second-order valence-corrected chi connectivity index (χ2v) is 4.68. The molecule has 2 heteroatoms. The molecule has 0 fully saturated rings. The zero-order valence-electron chi connectivity index (χ0n) is 11.0. The molecule has 2 aromatic carbocycles. The molecule has 98 valence electrons. The molecule has 0 amide bonds. The van der Waals surface area contributed by atoms with Crippen LogP contribution in [0, 0.1) is 0 Å². The van der Waals surface area contributed by atoms with Gasteiger partial charge in [-0.25, -0.2) is 0 Å². The van der Waals surface area contributed by atoms with Crippen molar-refractivity contribution in [3.05, 3.63) is 102 Å². The molecule has 0 aliphatic rings. The van der Waals surface area contributed by atoms with Gasteiger partial charge in [0.25, 0.3) is 0 Å². The number of aliphatic hydroxyl groups is 1. The molecule has 1 heterocycles. The summed E-state index contributed by atoms with van der Waals surface area (Å²) in [7, 11) is 0. The average Bonchev–Trinajstić information content (AvgIpc) is 2.56. The molecule has 0 atom stereocenters. The van der Waals surface area contributed by atoms with Crippen molar-refractivity contribution in [1.29, 1.82) is 0 Å². The first-order chi connectivity index (χ1) is 9.82. The van der Waals surface area contributed by atoms with Crippen molar-refractivity contribution in [2.75, 3.05) is 0 Å². The van der Waals surface area contributed by atoms with Crippen LogP contribution in [0.2, 0.25) is 0 Å². The smallest absolute Gasteiger partial charge is 0.142 e. The van der Waals surface area contributed by atoms with Crippen LogP contribution in [0.1, 0.15) is 16.7 Å². The number of aromatic nitrogens is 1. The molecule has 1 N–H and O–H groups in total. The Labute approximate surface area is 118 Å². The maximum atomic E-state index is 11.4. The van der Waals surface area contributed by atoms with Crippen LogP contribution in [0.4, 0.5) is 0 Å². The first-order valence-electron chi connectivity index (χ1n) is 6.56. The Hall–Kier alpha value is -2.45. The number of pyridine rings is 1. The van der Waals surface area contributed by atoms with E-state index >= 15 is 0 Å². The fourth-order valence-corrected chi connectivity index (χ4v) is 2.44. The van der Waals surface area contributed by atoms with Crippen LogP contribution in [-0.2, 0) is 5.60 Å². The number of rotatable bonds is 3. The van der Waals surface area contributed by atoms with Crippen molar-refractivity contribution in [2.24, 2.45) is 0 Å². The number of hydrogen-bond donors (Lipinski definition) is 1. The van der Waals surface area contributed by atoms with Crippen molar-refractivity contribution in [3.8, 4) is 0 Å². The Morgan fingerprint density at radius 3 is 1.60 bits per heavy atom. The lowest BCUT2D eigenvalue weighted by Gasteiger charge is -2.29. The highest BCUT2D eigenvalue weighted by atomic mass is 16.3. The van der Waals surface area contributed by atoms with Crippen molar-refractivity contribution in [2.45, 2.75) is 5.60 Å². The van der Waals surface area contributed by atoms with Gasteiger partial charge in [0.1, 0.15) is 5.60 Å². The van der Waals surface area contributed by atoms with E-state index in [2.05, 4.69) is 4.98 Å². The van der Waals surface area contributed by atoms with Gasteiger partial charge < -0.3 is 5.11 Å². The van der Waals surface area contributed by atoms with E-state index in [1.54, 1.807) is 12.4 Å². The van der Waals surface area contributed by atoms with Gasteiger partial charge in [0.2, 0.25) is 0 Å². The highest BCUT2D eigenvalue weighted by Crippen LogP contribution is 2.35. The molecule has 0 aliphatic carbocycles. The van der Waals surface area contributed by atoms with Gasteiger partial charge >= 0.3 is 0 Å². The Morgan fingerprint density at radius 1 is 0.650 bits per heavy atom. The van der Waals surface area contributed by atoms with E-state index in [-0.39, 0.29) is 0 Å². The summed E-state index contributed by atoms with van der Waals surface area (Å²) in [5.74, 6) is 0. The summed E-state index contributed by atoms with van der Waals surface area (Å²) in [6, 6.07) is 23.1. The highest BCUT2D eigenvalue weighted by molar-refractivity contribution is 5.45. The third-order valence-corrected chi connectivity index (χ3v) is 3.46. The van der Waals surface area contributed by atoms with Crippen molar-refractivity contribution in [3.63, 3.8) is 0 Å². The van der Waals surface area contributed by atoms with E-state index in [4.69, 9.17) is 0 Å². The highest BCUT2D eigenvalue weighted by Gasteiger charge is 2.33. The maximum absolute atomic E-state index is 11.4. The fourth-order valence-electron chi connectivity index (χ4n) is 2.44. The second kappa shape index (κ2) is 5.27. The standard InChI is InChI=1S/C18H15NO/c20-18(15-8-3-1-4-9-15,16-10-5-2-6-11-16)17-12-7-13-19-14-17/h1-14,20H. The van der Waals surface area contributed by atoms with Crippen LogP contribution in [-0.4, -0.2) is 10.1 Å². The molecule has 3 aromatic rings. The molecule has 20 heavy (non-hydrogen) atoms. The van der Waals surface area contributed by atoms with Crippen LogP contribution >= 0.6 is 0 Å². The number of benzene rings is 2. The van der Waals surface area contributed by atoms with Gasteiger partial charge in [0, 0.05) is 18.0 Å². The van der Waals surface area contributed by atoms with E-state index in [0.717, 1.165) is 16.7 Å². The Bertz CT molecular complexity index is 569. The Morgan fingerprint density at radius 2 is 1.15 bits per heavy atom. The molecule has 0 spiro atoms. The van der Waals surface area contributed by atoms with Gasteiger partial charge in [-0.15, -0.1) is 0 Å². The van der Waals surface area contributed by atoms with Crippen LogP contribution < -0.4 is 0 Å². The molecule has 0 saturated heterocycles. The lowest BCUT2D eigenvalue weighted by atomic mass is 9.81. The monoisotopic (exact) mass is 261 g/mol. The summed E-state index contributed by atoms with van der Waals surface area (Å²) in [4.78, 5) is 4.14. The van der Waals surface area contributed by atoms with Crippen LogP contribution in [0.25, 0.3) is 0 Å². The van der Waals surface area contributed by atoms with Crippen LogP contribution in [0.15, 0.2) is 85.2 Å². The SMILES string of the molecule is OC(c1ccccc1)(c1ccccc1)c1cccnc1. The molecule has 3 rings (SSSR count). The minimum atomic E-state index is -1.18. The van der Waals surface area contributed by atoms with Crippen LogP contribution in [0.3, 0.4) is 0 Å². The second-order valence-electron chi connectivity index (χ2n) is 4.68. The lowest BCUT2D eigenvalue weighted by molar-refractivity contribution is 0.125. The van der Waals surface area contributed by atoms with Gasteiger partial charge in [-0.1, -0.05) is 66.7 Å². The zero-order valence-corrected chi connectivity index (χ0v) is 11.0. The zero-order chi connectivity index (χ0) is 13.8. The van der Waals surface area contributed by atoms with Crippen molar-refractivity contribution < 1.29 is 5.11 Å². The van der Waals surface area contributed by atoms with E-state index in [1.807, 2.05) is 72.8 Å². The summed E-state index contributed by atoms with van der Waals surface area (Å²) in [5.41, 5.74) is 1.24. The minimum absolute atomic E-state index is 0.761. The van der Waals surface area contributed by atoms with E-state index in [1.165, 1.54) is 0 Å². The Balaban J connectivity index is 2.24. The van der Waals surface area contributed by atoms with Gasteiger partial charge in [-0.05, 0) is 17.2 Å². The molecular weight excluding hydrogens is 246 g/mol. The van der Waals surface area contributed by atoms with E-state index in [0.29, 0.717) is 0 Å².